The van der Waals surface area contributed by atoms with Gasteiger partial charge in [0.05, 0.1) is 4.47 Å². The molecule has 0 saturated heterocycles. The van der Waals surface area contributed by atoms with Crippen molar-refractivity contribution >= 4 is 15.9 Å². The van der Waals surface area contributed by atoms with Crippen LogP contribution in [0.4, 0.5) is 0 Å². The third-order valence-electron chi connectivity index (χ3n) is 3.61. The molecule has 0 spiro atoms. The average molecular weight is 314 g/mol. The van der Waals surface area contributed by atoms with Crippen LogP contribution in [0.15, 0.2) is 16.6 Å². The summed E-state index contributed by atoms with van der Waals surface area (Å²) in [5.41, 5.74) is 1.30. The van der Waals surface area contributed by atoms with E-state index in [0.717, 1.165) is 47.5 Å². The third-order valence-corrected chi connectivity index (χ3v) is 4.20. The number of benzene rings is 1. The van der Waals surface area contributed by atoms with E-state index in [9.17, 15) is 5.11 Å². The summed E-state index contributed by atoms with van der Waals surface area (Å²) < 4.78 is 11.7. The normalized spacial score (nSPS) is 19.0. The summed E-state index contributed by atoms with van der Waals surface area (Å²) in [5.74, 6) is 1.58. The second kappa shape index (κ2) is 4.72. The van der Waals surface area contributed by atoms with Gasteiger partial charge in [0.1, 0.15) is 0 Å². The molecule has 0 bridgehead atoms. The SMILES string of the molecule is OCC1(CNCc2cc(Br)c3c(c2)OCO3)CC1. The molecule has 5 heteroatoms. The van der Waals surface area contributed by atoms with Crippen LogP contribution in [0, 0.1) is 5.41 Å². The fourth-order valence-electron chi connectivity index (χ4n) is 2.16. The molecule has 1 fully saturated rings. The molecule has 0 amide bonds. The molecule has 2 N–H and O–H groups in total. The standard InChI is InChI=1S/C13H16BrNO3/c14-10-3-9(4-11-12(10)18-8-17-11)5-15-6-13(7-16)1-2-13/h3-4,15-16H,1-2,5-8H2. The molecule has 1 aromatic carbocycles. The van der Waals surface area contributed by atoms with Crippen LogP contribution in [-0.4, -0.2) is 25.1 Å². The molecule has 0 unspecified atom stereocenters. The number of hydrogen-bond acceptors (Lipinski definition) is 4. The average Bonchev–Trinajstić information content (AvgIpc) is 2.97. The molecule has 4 nitrogen and oxygen atoms in total. The first kappa shape index (κ1) is 12.3. The maximum Gasteiger partial charge on any atom is 0.231 e. The van der Waals surface area contributed by atoms with Gasteiger partial charge < -0.3 is 19.9 Å². The summed E-state index contributed by atoms with van der Waals surface area (Å²) in [6.45, 7) is 2.22. The van der Waals surface area contributed by atoms with Crippen LogP contribution in [0.1, 0.15) is 18.4 Å². The highest BCUT2D eigenvalue weighted by atomic mass is 79.9. The van der Waals surface area contributed by atoms with Crippen molar-refractivity contribution in [3.8, 4) is 11.5 Å². The van der Waals surface area contributed by atoms with Crippen molar-refractivity contribution in [1.82, 2.24) is 5.32 Å². The van der Waals surface area contributed by atoms with Crippen LogP contribution >= 0.6 is 15.9 Å². The van der Waals surface area contributed by atoms with E-state index in [2.05, 4.69) is 21.2 Å². The Kier molecular flexibility index (Phi) is 3.21. The van der Waals surface area contributed by atoms with Gasteiger partial charge in [-0.15, -0.1) is 0 Å². The Morgan fingerprint density at radius 2 is 2.17 bits per heavy atom. The first-order chi connectivity index (χ1) is 8.72. The number of aliphatic hydroxyl groups is 1. The van der Waals surface area contributed by atoms with Crippen LogP contribution in [0.3, 0.4) is 0 Å². The lowest BCUT2D eigenvalue weighted by atomic mass is 10.1. The fourth-order valence-corrected chi connectivity index (χ4v) is 2.77. The summed E-state index contributed by atoms with van der Waals surface area (Å²) >= 11 is 3.48. The molecule has 98 valence electrons. The fraction of sp³-hybridized carbons (Fsp3) is 0.538. The van der Waals surface area contributed by atoms with Gasteiger partial charge in [0.2, 0.25) is 6.79 Å². The Balaban J connectivity index is 1.61. The maximum atomic E-state index is 9.24. The third kappa shape index (κ3) is 2.35. The second-order valence-electron chi connectivity index (χ2n) is 5.07. The molecule has 1 aromatic rings. The lowest BCUT2D eigenvalue weighted by Crippen LogP contribution is -2.26. The van der Waals surface area contributed by atoms with Crippen molar-refractivity contribution in [2.45, 2.75) is 19.4 Å². The van der Waals surface area contributed by atoms with Crippen molar-refractivity contribution in [3.63, 3.8) is 0 Å². The summed E-state index contributed by atoms with van der Waals surface area (Å²) in [4.78, 5) is 0. The molecule has 2 aliphatic rings. The van der Waals surface area contributed by atoms with Crippen LogP contribution < -0.4 is 14.8 Å². The molecular weight excluding hydrogens is 298 g/mol. The number of hydrogen-bond donors (Lipinski definition) is 2. The number of rotatable bonds is 5. The predicted octanol–water partition coefficient (Wildman–Crippen LogP) is 2.04. The highest BCUT2D eigenvalue weighted by molar-refractivity contribution is 9.10. The van der Waals surface area contributed by atoms with Crippen LogP contribution in [0.5, 0.6) is 11.5 Å². The van der Waals surface area contributed by atoms with Crippen molar-refractivity contribution in [1.29, 1.82) is 0 Å². The smallest absolute Gasteiger partial charge is 0.231 e. The Morgan fingerprint density at radius 1 is 1.33 bits per heavy atom. The highest BCUT2D eigenvalue weighted by Crippen LogP contribution is 2.44. The van der Waals surface area contributed by atoms with E-state index >= 15 is 0 Å². The number of aliphatic hydroxyl groups excluding tert-OH is 1. The minimum atomic E-state index is 0.146. The zero-order chi connectivity index (χ0) is 12.6. The molecular formula is C13H16BrNO3. The van der Waals surface area contributed by atoms with Gasteiger partial charge in [-0.1, -0.05) is 0 Å². The van der Waals surface area contributed by atoms with Crippen LogP contribution in [0.2, 0.25) is 0 Å². The zero-order valence-corrected chi connectivity index (χ0v) is 11.6. The molecule has 0 radical (unpaired) electrons. The summed E-state index contributed by atoms with van der Waals surface area (Å²) in [6.07, 6.45) is 2.25. The first-order valence-electron chi connectivity index (χ1n) is 6.12. The lowest BCUT2D eigenvalue weighted by molar-refractivity contribution is 0.173. The van der Waals surface area contributed by atoms with E-state index in [1.807, 2.05) is 12.1 Å². The number of fused-ring (bicyclic) bond motifs is 1. The highest BCUT2D eigenvalue weighted by Gasteiger charge is 2.41. The van der Waals surface area contributed by atoms with Gasteiger partial charge in [0.25, 0.3) is 0 Å². The van der Waals surface area contributed by atoms with Gasteiger partial charge in [-0.3, -0.25) is 0 Å². The summed E-state index contributed by atoms with van der Waals surface area (Å²) in [5, 5.41) is 12.6. The van der Waals surface area contributed by atoms with Gasteiger partial charge in [0.15, 0.2) is 11.5 Å². The molecule has 1 heterocycles. The van der Waals surface area contributed by atoms with E-state index in [-0.39, 0.29) is 12.0 Å². The molecule has 0 atom stereocenters. The van der Waals surface area contributed by atoms with E-state index in [1.165, 1.54) is 0 Å². The second-order valence-corrected chi connectivity index (χ2v) is 5.93. The molecule has 1 saturated carbocycles. The predicted molar refractivity (Wildman–Crippen MR) is 70.7 cm³/mol. The largest absolute Gasteiger partial charge is 0.454 e. The van der Waals surface area contributed by atoms with E-state index in [4.69, 9.17) is 9.47 Å². The Hall–Kier alpha value is -0.780. The molecule has 0 aromatic heterocycles. The molecule has 18 heavy (non-hydrogen) atoms. The summed E-state index contributed by atoms with van der Waals surface area (Å²) in [7, 11) is 0. The minimum Gasteiger partial charge on any atom is -0.454 e. The van der Waals surface area contributed by atoms with E-state index in [0.29, 0.717) is 6.79 Å². The summed E-state index contributed by atoms with van der Waals surface area (Å²) in [6, 6.07) is 4.04. The molecule has 3 rings (SSSR count). The lowest BCUT2D eigenvalue weighted by Gasteiger charge is -2.13. The van der Waals surface area contributed by atoms with Crippen molar-refractivity contribution in [2.75, 3.05) is 19.9 Å². The number of ether oxygens (including phenoxy) is 2. The van der Waals surface area contributed by atoms with Crippen LogP contribution in [0.25, 0.3) is 0 Å². The van der Waals surface area contributed by atoms with Crippen molar-refractivity contribution < 1.29 is 14.6 Å². The topological polar surface area (TPSA) is 50.7 Å². The number of halogens is 1. The van der Waals surface area contributed by atoms with Gasteiger partial charge in [-0.05, 0) is 46.5 Å². The van der Waals surface area contributed by atoms with E-state index in [1.54, 1.807) is 0 Å². The first-order valence-corrected chi connectivity index (χ1v) is 6.91. The van der Waals surface area contributed by atoms with Gasteiger partial charge in [-0.25, -0.2) is 0 Å². The Bertz CT molecular complexity index is 460. The van der Waals surface area contributed by atoms with Gasteiger partial charge >= 0.3 is 0 Å². The monoisotopic (exact) mass is 313 g/mol. The Morgan fingerprint density at radius 3 is 2.89 bits per heavy atom. The number of nitrogens with one attached hydrogen (secondary N) is 1. The van der Waals surface area contributed by atoms with Crippen molar-refractivity contribution in [2.24, 2.45) is 5.41 Å². The van der Waals surface area contributed by atoms with Crippen LogP contribution in [-0.2, 0) is 6.54 Å². The Labute approximate surface area is 114 Å². The molecule has 1 aliphatic carbocycles. The van der Waals surface area contributed by atoms with Crippen molar-refractivity contribution in [3.05, 3.63) is 22.2 Å². The zero-order valence-electron chi connectivity index (χ0n) is 10.0. The quantitative estimate of drug-likeness (QED) is 0.873. The maximum absolute atomic E-state index is 9.24. The molecule has 1 aliphatic heterocycles. The van der Waals surface area contributed by atoms with E-state index < -0.39 is 0 Å². The van der Waals surface area contributed by atoms with Gasteiger partial charge in [-0.2, -0.15) is 0 Å². The van der Waals surface area contributed by atoms with Gasteiger partial charge in [0, 0.05) is 25.1 Å². The minimum absolute atomic E-state index is 0.146.